The molecule has 0 amide bonds. The van der Waals surface area contributed by atoms with Gasteiger partial charge in [0.1, 0.15) is 0 Å². The third-order valence-electron chi connectivity index (χ3n) is 1.80. The van der Waals surface area contributed by atoms with Crippen LogP contribution in [0.4, 0.5) is 0 Å². The smallest absolute Gasteiger partial charge is 0.0449 e. The molecule has 14 heavy (non-hydrogen) atoms. The van der Waals surface area contributed by atoms with Crippen LogP contribution < -0.4 is 5.73 Å². The fourth-order valence-corrected chi connectivity index (χ4v) is 2.07. The SMILES string of the molecule is Cl.N[C@H](CCO)c1ccc(Cl)cc1Br. The fraction of sp³-hybridized carbons (Fsp3) is 0.333. The van der Waals surface area contributed by atoms with Crippen LogP contribution in [0.3, 0.4) is 0 Å². The Morgan fingerprint density at radius 2 is 2.14 bits per heavy atom. The van der Waals surface area contributed by atoms with Crippen LogP contribution in [0.25, 0.3) is 0 Å². The summed E-state index contributed by atoms with van der Waals surface area (Å²) in [6.07, 6.45) is 0.556. The topological polar surface area (TPSA) is 46.2 Å². The summed E-state index contributed by atoms with van der Waals surface area (Å²) in [6.45, 7) is 0.0935. The van der Waals surface area contributed by atoms with Crippen LogP contribution in [0.15, 0.2) is 22.7 Å². The van der Waals surface area contributed by atoms with E-state index in [0.717, 1.165) is 10.0 Å². The zero-order valence-corrected chi connectivity index (χ0v) is 10.6. The lowest BCUT2D eigenvalue weighted by atomic mass is 10.1. The maximum atomic E-state index is 8.72. The fourth-order valence-electron chi connectivity index (χ4n) is 1.10. The van der Waals surface area contributed by atoms with E-state index >= 15 is 0 Å². The van der Waals surface area contributed by atoms with Crippen LogP contribution in [0.2, 0.25) is 5.02 Å². The minimum absolute atomic E-state index is 0. The molecule has 0 aliphatic heterocycles. The number of rotatable bonds is 3. The molecule has 1 atom stereocenters. The van der Waals surface area contributed by atoms with Gasteiger partial charge in [-0.25, -0.2) is 0 Å². The molecule has 0 aromatic heterocycles. The van der Waals surface area contributed by atoms with Crippen LogP contribution in [-0.2, 0) is 0 Å². The number of nitrogens with two attached hydrogens (primary N) is 1. The lowest BCUT2D eigenvalue weighted by Crippen LogP contribution is -2.12. The second kappa shape index (κ2) is 6.64. The van der Waals surface area contributed by atoms with Gasteiger partial charge in [0.15, 0.2) is 0 Å². The molecule has 0 saturated carbocycles. The Kier molecular flexibility index (Phi) is 6.74. The Morgan fingerprint density at radius 3 is 2.64 bits per heavy atom. The Bertz CT molecular complexity index is 296. The molecule has 0 fully saturated rings. The summed E-state index contributed by atoms with van der Waals surface area (Å²) in [5.41, 5.74) is 6.79. The molecule has 1 aromatic carbocycles. The van der Waals surface area contributed by atoms with Crippen molar-refractivity contribution >= 4 is 39.9 Å². The van der Waals surface area contributed by atoms with Crippen LogP contribution >= 0.6 is 39.9 Å². The van der Waals surface area contributed by atoms with E-state index in [1.807, 2.05) is 6.07 Å². The molecule has 0 heterocycles. The van der Waals surface area contributed by atoms with Gasteiger partial charge in [-0.05, 0) is 24.1 Å². The molecule has 0 radical (unpaired) electrons. The van der Waals surface area contributed by atoms with E-state index in [9.17, 15) is 0 Å². The van der Waals surface area contributed by atoms with E-state index in [-0.39, 0.29) is 25.1 Å². The molecule has 0 bridgehead atoms. The number of aliphatic hydroxyl groups is 1. The quantitative estimate of drug-likeness (QED) is 0.901. The first-order valence-electron chi connectivity index (χ1n) is 3.96. The summed E-state index contributed by atoms with van der Waals surface area (Å²) in [5, 5.41) is 9.40. The number of benzene rings is 1. The molecule has 5 heteroatoms. The third kappa shape index (κ3) is 3.75. The zero-order chi connectivity index (χ0) is 9.84. The highest BCUT2D eigenvalue weighted by atomic mass is 79.9. The van der Waals surface area contributed by atoms with Crippen molar-refractivity contribution < 1.29 is 5.11 Å². The van der Waals surface area contributed by atoms with Gasteiger partial charge in [0.2, 0.25) is 0 Å². The summed E-state index contributed by atoms with van der Waals surface area (Å²) in [4.78, 5) is 0. The van der Waals surface area contributed by atoms with Gasteiger partial charge in [0, 0.05) is 22.1 Å². The first-order chi connectivity index (χ1) is 6.15. The van der Waals surface area contributed by atoms with Gasteiger partial charge in [-0.2, -0.15) is 0 Å². The highest BCUT2D eigenvalue weighted by molar-refractivity contribution is 9.10. The molecule has 0 aliphatic carbocycles. The van der Waals surface area contributed by atoms with Gasteiger partial charge < -0.3 is 10.8 Å². The zero-order valence-electron chi connectivity index (χ0n) is 7.41. The Balaban J connectivity index is 0.00000169. The molecule has 0 unspecified atom stereocenters. The predicted octanol–water partition coefficient (Wildman–Crippen LogP) is 2.91. The maximum absolute atomic E-state index is 8.72. The molecule has 0 aliphatic rings. The van der Waals surface area contributed by atoms with Crippen molar-refractivity contribution in [1.29, 1.82) is 0 Å². The number of hydrogen-bond donors (Lipinski definition) is 2. The van der Waals surface area contributed by atoms with Gasteiger partial charge in [-0.3, -0.25) is 0 Å². The summed E-state index contributed by atoms with van der Waals surface area (Å²) in [7, 11) is 0. The molecule has 0 saturated heterocycles. The Labute approximate surface area is 103 Å². The molecule has 80 valence electrons. The van der Waals surface area contributed by atoms with Crippen molar-refractivity contribution in [1.82, 2.24) is 0 Å². The minimum atomic E-state index is -0.142. The molecule has 2 nitrogen and oxygen atoms in total. The first kappa shape index (κ1) is 14.2. The van der Waals surface area contributed by atoms with E-state index < -0.39 is 0 Å². The largest absolute Gasteiger partial charge is 0.396 e. The minimum Gasteiger partial charge on any atom is -0.396 e. The molecule has 0 spiro atoms. The van der Waals surface area contributed by atoms with E-state index in [2.05, 4.69) is 15.9 Å². The summed E-state index contributed by atoms with van der Waals surface area (Å²) >= 11 is 9.15. The van der Waals surface area contributed by atoms with Crippen molar-refractivity contribution in [3.05, 3.63) is 33.3 Å². The average molecular weight is 301 g/mol. The van der Waals surface area contributed by atoms with Gasteiger partial charge >= 0.3 is 0 Å². The van der Waals surface area contributed by atoms with Gasteiger partial charge in [0.05, 0.1) is 0 Å². The monoisotopic (exact) mass is 299 g/mol. The second-order valence-electron chi connectivity index (χ2n) is 2.78. The highest BCUT2D eigenvalue weighted by Crippen LogP contribution is 2.26. The van der Waals surface area contributed by atoms with Crippen molar-refractivity contribution in [2.75, 3.05) is 6.61 Å². The van der Waals surface area contributed by atoms with Crippen LogP contribution in [-0.4, -0.2) is 11.7 Å². The molecular formula is C9H12BrCl2NO. The first-order valence-corrected chi connectivity index (χ1v) is 5.13. The van der Waals surface area contributed by atoms with Gasteiger partial charge in [-0.15, -0.1) is 12.4 Å². The van der Waals surface area contributed by atoms with Crippen molar-refractivity contribution in [3.63, 3.8) is 0 Å². The Morgan fingerprint density at radius 1 is 1.50 bits per heavy atom. The molecular weight excluding hydrogens is 289 g/mol. The van der Waals surface area contributed by atoms with E-state index in [1.54, 1.807) is 12.1 Å². The van der Waals surface area contributed by atoms with Crippen molar-refractivity contribution in [2.24, 2.45) is 5.73 Å². The maximum Gasteiger partial charge on any atom is 0.0449 e. The van der Waals surface area contributed by atoms with E-state index in [4.69, 9.17) is 22.4 Å². The standard InChI is InChI=1S/C9H11BrClNO.ClH/c10-8-5-6(11)1-2-7(8)9(12)3-4-13;/h1-2,5,9,13H,3-4,12H2;1H/t9-;/m1./s1. The van der Waals surface area contributed by atoms with Crippen LogP contribution in [0.1, 0.15) is 18.0 Å². The lowest BCUT2D eigenvalue weighted by molar-refractivity contribution is 0.276. The normalized spacial score (nSPS) is 12.0. The summed E-state index contributed by atoms with van der Waals surface area (Å²) in [5.74, 6) is 0. The van der Waals surface area contributed by atoms with Crippen LogP contribution in [0, 0.1) is 0 Å². The summed E-state index contributed by atoms with van der Waals surface area (Å²) < 4.78 is 0.890. The Hall–Kier alpha value is 0.200. The molecule has 1 rings (SSSR count). The van der Waals surface area contributed by atoms with E-state index in [0.29, 0.717) is 11.4 Å². The highest BCUT2D eigenvalue weighted by Gasteiger charge is 2.08. The third-order valence-corrected chi connectivity index (χ3v) is 2.72. The number of halogens is 3. The molecule has 3 N–H and O–H groups in total. The summed E-state index contributed by atoms with van der Waals surface area (Å²) in [6, 6.07) is 5.32. The number of hydrogen-bond acceptors (Lipinski definition) is 2. The molecule has 1 aromatic rings. The number of aliphatic hydroxyl groups excluding tert-OH is 1. The predicted molar refractivity (Wildman–Crippen MR) is 65.0 cm³/mol. The van der Waals surface area contributed by atoms with Crippen molar-refractivity contribution in [3.8, 4) is 0 Å². The van der Waals surface area contributed by atoms with Crippen LogP contribution in [0.5, 0.6) is 0 Å². The van der Waals surface area contributed by atoms with Crippen molar-refractivity contribution in [2.45, 2.75) is 12.5 Å². The van der Waals surface area contributed by atoms with Gasteiger partial charge in [-0.1, -0.05) is 33.6 Å². The van der Waals surface area contributed by atoms with Gasteiger partial charge in [0.25, 0.3) is 0 Å². The lowest BCUT2D eigenvalue weighted by Gasteiger charge is -2.12. The second-order valence-corrected chi connectivity index (χ2v) is 4.08. The average Bonchev–Trinajstić information content (AvgIpc) is 2.04. The van der Waals surface area contributed by atoms with E-state index in [1.165, 1.54) is 0 Å².